The second kappa shape index (κ2) is 4.81. The molecule has 1 aliphatic carbocycles. The van der Waals surface area contributed by atoms with E-state index < -0.39 is 0 Å². The number of para-hydroxylation sites is 1. The summed E-state index contributed by atoms with van der Waals surface area (Å²) in [5.74, 6) is 0.503. The van der Waals surface area contributed by atoms with Crippen LogP contribution in [0.4, 0.5) is 10.1 Å². The minimum Gasteiger partial charge on any atom is -0.378 e. The largest absolute Gasteiger partial charge is 0.378 e. The lowest BCUT2D eigenvalue weighted by molar-refractivity contribution is 0.622. The van der Waals surface area contributed by atoms with Gasteiger partial charge >= 0.3 is 0 Å². The van der Waals surface area contributed by atoms with Crippen LogP contribution in [0.5, 0.6) is 0 Å². The summed E-state index contributed by atoms with van der Waals surface area (Å²) in [5, 5.41) is 3.55. The van der Waals surface area contributed by atoms with Crippen LogP contribution >= 0.6 is 0 Å². The van der Waals surface area contributed by atoms with Crippen molar-refractivity contribution >= 4 is 5.69 Å². The molecule has 0 aromatic heterocycles. The molecule has 3 rings (SSSR count). The maximum atomic E-state index is 13.0. The van der Waals surface area contributed by atoms with Crippen molar-refractivity contribution in [1.29, 1.82) is 0 Å². The van der Waals surface area contributed by atoms with Crippen molar-refractivity contribution in [3.05, 3.63) is 66.0 Å². The van der Waals surface area contributed by atoms with Gasteiger partial charge in [-0.2, -0.15) is 0 Å². The van der Waals surface area contributed by atoms with Crippen molar-refractivity contribution in [1.82, 2.24) is 0 Å². The van der Waals surface area contributed by atoms with Gasteiger partial charge < -0.3 is 5.32 Å². The van der Waals surface area contributed by atoms with Gasteiger partial charge in [0.2, 0.25) is 0 Å². The minimum atomic E-state index is -0.173. The molecular weight excluding hydrogens is 225 g/mol. The predicted molar refractivity (Wildman–Crippen MR) is 71.9 cm³/mol. The fourth-order valence-electron chi connectivity index (χ4n) is 2.29. The molecule has 0 aliphatic heterocycles. The molecule has 2 aromatic rings. The van der Waals surface area contributed by atoms with Gasteiger partial charge in [0.05, 0.1) is 6.04 Å². The molecule has 1 atom stereocenters. The Bertz CT molecular complexity index is 502. The third-order valence-corrected chi connectivity index (χ3v) is 3.42. The smallest absolute Gasteiger partial charge is 0.123 e. The lowest BCUT2D eigenvalue weighted by Crippen LogP contribution is -2.12. The number of benzene rings is 2. The van der Waals surface area contributed by atoms with Crippen molar-refractivity contribution in [2.24, 2.45) is 5.92 Å². The average Bonchev–Trinajstić information content (AvgIpc) is 3.23. The molecule has 0 bridgehead atoms. The van der Waals surface area contributed by atoms with Crippen LogP contribution in [0.1, 0.15) is 24.4 Å². The van der Waals surface area contributed by atoms with Gasteiger partial charge in [-0.15, -0.1) is 0 Å². The van der Waals surface area contributed by atoms with Gasteiger partial charge in [-0.1, -0.05) is 30.3 Å². The van der Waals surface area contributed by atoms with Crippen LogP contribution in [0.3, 0.4) is 0 Å². The first kappa shape index (κ1) is 11.3. The summed E-state index contributed by atoms with van der Waals surface area (Å²) in [6, 6.07) is 17.3. The molecular formula is C16H16FN. The summed E-state index contributed by atoms with van der Waals surface area (Å²) in [7, 11) is 0. The second-order valence-corrected chi connectivity index (χ2v) is 4.88. The molecule has 1 nitrogen and oxygen atoms in total. The molecule has 1 fully saturated rings. The first-order chi connectivity index (χ1) is 8.83. The fraction of sp³-hybridized carbons (Fsp3) is 0.250. The summed E-state index contributed by atoms with van der Waals surface area (Å²) in [5.41, 5.74) is 2.29. The van der Waals surface area contributed by atoms with Crippen molar-refractivity contribution in [3.8, 4) is 0 Å². The lowest BCUT2D eigenvalue weighted by Gasteiger charge is -2.20. The van der Waals surface area contributed by atoms with Gasteiger partial charge in [0.15, 0.2) is 0 Å². The molecule has 0 amide bonds. The number of rotatable bonds is 4. The summed E-state index contributed by atoms with van der Waals surface area (Å²) in [4.78, 5) is 0. The molecule has 1 unspecified atom stereocenters. The van der Waals surface area contributed by atoms with E-state index in [4.69, 9.17) is 0 Å². The quantitative estimate of drug-likeness (QED) is 0.837. The number of hydrogen-bond donors (Lipinski definition) is 1. The first-order valence-electron chi connectivity index (χ1n) is 6.40. The second-order valence-electron chi connectivity index (χ2n) is 4.88. The summed E-state index contributed by atoms with van der Waals surface area (Å²) in [6.45, 7) is 0. The van der Waals surface area contributed by atoms with Gasteiger partial charge in [-0.3, -0.25) is 0 Å². The Kier molecular flexibility index (Phi) is 3.01. The highest BCUT2D eigenvalue weighted by molar-refractivity contribution is 5.45. The maximum Gasteiger partial charge on any atom is 0.123 e. The van der Waals surface area contributed by atoms with E-state index in [0.29, 0.717) is 12.0 Å². The molecule has 1 aliphatic rings. The highest BCUT2D eigenvalue weighted by atomic mass is 19.1. The molecule has 1 N–H and O–H groups in total. The number of nitrogens with one attached hydrogen (secondary N) is 1. The molecule has 0 heterocycles. The van der Waals surface area contributed by atoms with Crippen LogP contribution in [-0.4, -0.2) is 0 Å². The van der Waals surface area contributed by atoms with E-state index >= 15 is 0 Å². The average molecular weight is 241 g/mol. The Morgan fingerprint density at radius 2 is 1.61 bits per heavy atom. The normalized spacial score (nSPS) is 16.3. The summed E-state index contributed by atoms with van der Waals surface area (Å²) in [6.07, 6.45) is 2.50. The van der Waals surface area contributed by atoms with E-state index in [2.05, 4.69) is 17.4 Å². The highest BCUT2D eigenvalue weighted by Crippen LogP contribution is 2.42. The van der Waals surface area contributed by atoms with E-state index in [9.17, 15) is 4.39 Å². The summed E-state index contributed by atoms with van der Waals surface area (Å²) >= 11 is 0. The topological polar surface area (TPSA) is 12.0 Å². The van der Waals surface area contributed by atoms with E-state index in [1.165, 1.54) is 30.5 Å². The number of anilines is 1. The molecule has 2 heteroatoms. The fourth-order valence-corrected chi connectivity index (χ4v) is 2.29. The zero-order valence-electron chi connectivity index (χ0n) is 10.1. The van der Waals surface area contributed by atoms with E-state index in [1.807, 2.05) is 30.3 Å². The molecule has 1 saturated carbocycles. The summed E-state index contributed by atoms with van der Waals surface area (Å²) < 4.78 is 13.0. The van der Waals surface area contributed by atoms with Gasteiger partial charge in [0.1, 0.15) is 5.82 Å². The van der Waals surface area contributed by atoms with Gasteiger partial charge in [0.25, 0.3) is 0 Å². The molecule has 0 spiro atoms. The van der Waals surface area contributed by atoms with Crippen LogP contribution < -0.4 is 5.32 Å². The van der Waals surface area contributed by atoms with Crippen LogP contribution in [0.15, 0.2) is 54.6 Å². The SMILES string of the molecule is Fc1ccc(C(Nc2ccccc2)C2CC2)cc1. The zero-order valence-corrected chi connectivity index (χ0v) is 10.1. The Labute approximate surface area is 107 Å². The van der Waals surface area contributed by atoms with Crippen LogP contribution in [0, 0.1) is 11.7 Å². The van der Waals surface area contributed by atoms with Gasteiger partial charge in [0, 0.05) is 5.69 Å². The Morgan fingerprint density at radius 1 is 0.944 bits per heavy atom. The van der Waals surface area contributed by atoms with E-state index in [-0.39, 0.29) is 5.82 Å². The van der Waals surface area contributed by atoms with E-state index in [1.54, 1.807) is 0 Å². The third kappa shape index (κ3) is 2.53. The van der Waals surface area contributed by atoms with Crippen LogP contribution in [0.25, 0.3) is 0 Å². The molecule has 0 saturated heterocycles. The molecule has 92 valence electrons. The standard InChI is InChI=1S/C16H16FN/c17-14-10-8-13(9-11-14)16(12-6-7-12)18-15-4-2-1-3-5-15/h1-5,8-12,16,18H,6-7H2. The van der Waals surface area contributed by atoms with Crippen molar-refractivity contribution in [2.75, 3.05) is 5.32 Å². The van der Waals surface area contributed by atoms with Crippen LogP contribution in [0.2, 0.25) is 0 Å². The molecule has 2 aromatic carbocycles. The molecule has 0 radical (unpaired) electrons. The number of hydrogen-bond acceptors (Lipinski definition) is 1. The molecule has 18 heavy (non-hydrogen) atoms. The monoisotopic (exact) mass is 241 g/mol. The van der Waals surface area contributed by atoms with Crippen molar-refractivity contribution < 1.29 is 4.39 Å². The lowest BCUT2D eigenvalue weighted by atomic mass is 10.0. The Balaban J connectivity index is 1.82. The number of halogens is 1. The van der Waals surface area contributed by atoms with Gasteiger partial charge in [-0.25, -0.2) is 4.39 Å². The highest BCUT2D eigenvalue weighted by Gasteiger charge is 2.32. The predicted octanol–water partition coefficient (Wildman–Crippen LogP) is 4.39. The third-order valence-electron chi connectivity index (χ3n) is 3.42. The van der Waals surface area contributed by atoms with Crippen molar-refractivity contribution in [3.63, 3.8) is 0 Å². The van der Waals surface area contributed by atoms with E-state index in [0.717, 1.165) is 5.69 Å². The maximum absolute atomic E-state index is 13.0. The Morgan fingerprint density at radius 3 is 2.22 bits per heavy atom. The van der Waals surface area contributed by atoms with Crippen LogP contribution in [-0.2, 0) is 0 Å². The Hall–Kier alpha value is -1.83. The first-order valence-corrected chi connectivity index (χ1v) is 6.40. The van der Waals surface area contributed by atoms with Crippen molar-refractivity contribution in [2.45, 2.75) is 18.9 Å². The van der Waals surface area contributed by atoms with Gasteiger partial charge in [-0.05, 0) is 48.6 Å². The zero-order chi connectivity index (χ0) is 12.4. The minimum absolute atomic E-state index is 0.173.